The third-order valence-corrected chi connectivity index (χ3v) is 7.56. The van der Waals surface area contributed by atoms with E-state index in [0.29, 0.717) is 0 Å². The second kappa shape index (κ2) is 12.7. The maximum absolute atomic E-state index is 2.33. The molecule has 6 rings (SSSR count). The first-order valence-corrected chi connectivity index (χ1v) is 14.8. The Kier molecular flexibility index (Phi) is 8.19. The summed E-state index contributed by atoms with van der Waals surface area (Å²) in [6, 6.07) is 54.0. The molecule has 0 aliphatic heterocycles. The maximum atomic E-state index is 2.33. The monoisotopic (exact) mass is 556 g/mol. The summed E-state index contributed by atoms with van der Waals surface area (Å²) in [5.41, 5.74) is 12.9. The Morgan fingerprint density at radius 3 is 1.09 bits per heavy atom. The van der Waals surface area contributed by atoms with E-state index in [1.807, 2.05) is 0 Å². The van der Waals surface area contributed by atoms with E-state index in [1.54, 1.807) is 0 Å². The summed E-state index contributed by atoms with van der Waals surface area (Å²) in [5, 5.41) is 0. The van der Waals surface area contributed by atoms with Crippen molar-refractivity contribution in [1.29, 1.82) is 0 Å². The van der Waals surface area contributed by atoms with Crippen LogP contribution in [0.2, 0.25) is 0 Å². The Bertz CT molecular complexity index is 1740. The molecule has 6 aromatic carbocycles. The quantitative estimate of drug-likeness (QED) is 0.172. The van der Waals surface area contributed by atoms with Crippen molar-refractivity contribution in [2.24, 2.45) is 0 Å². The lowest BCUT2D eigenvalue weighted by atomic mass is 10.1. The first-order chi connectivity index (χ1) is 21.0. The van der Waals surface area contributed by atoms with Crippen LogP contribution in [0.1, 0.15) is 27.8 Å². The smallest absolute Gasteiger partial charge is 0.0466 e. The lowest BCUT2D eigenvalue weighted by molar-refractivity contribution is 1.25. The number of hydrogen-bond acceptors (Lipinski definition) is 2. The van der Waals surface area contributed by atoms with E-state index in [2.05, 4.69) is 194 Å². The molecule has 0 bridgehead atoms. The molecule has 2 heteroatoms. The molecular formula is C41H36N2. The lowest BCUT2D eigenvalue weighted by Crippen LogP contribution is -2.10. The maximum Gasteiger partial charge on any atom is 0.0466 e. The van der Waals surface area contributed by atoms with Gasteiger partial charge in [-0.05, 0) is 116 Å². The van der Waals surface area contributed by atoms with Crippen LogP contribution in [0.25, 0.3) is 12.2 Å². The second-order valence-corrected chi connectivity index (χ2v) is 11.0. The summed E-state index contributed by atoms with van der Waals surface area (Å²) in [7, 11) is 0. The number of para-hydroxylation sites is 2. The van der Waals surface area contributed by atoms with E-state index in [-0.39, 0.29) is 0 Å². The molecule has 6 aromatic rings. The zero-order valence-electron chi connectivity index (χ0n) is 25.0. The van der Waals surface area contributed by atoms with E-state index in [0.717, 1.165) is 39.6 Å². The fraction of sp³-hybridized carbons (Fsp3) is 0.0732. The van der Waals surface area contributed by atoms with Gasteiger partial charge in [0.05, 0.1) is 0 Å². The Morgan fingerprint density at radius 1 is 0.326 bits per heavy atom. The van der Waals surface area contributed by atoms with Gasteiger partial charge in [0, 0.05) is 34.1 Å². The summed E-state index contributed by atoms with van der Waals surface area (Å²) in [4.78, 5) is 4.61. The molecule has 0 fully saturated rings. The van der Waals surface area contributed by atoms with Crippen LogP contribution in [0.4, 0.5) is 34.1 Å². The van der Waals surface area contributed by atoms with E-state index in [4.69, 9.17) is 0 Å². The van der Waals surface area contributed by atoms with Crippen LogP contribution in [0.15, 0.2) is 152 Å². The zero-order chi connectivity index (χ0) is 29.6. The number of anilines is 6. The van der Waals surface area contributed by atoms with Crippen LogP contribution in [0.5, 0.6) is 0 Å². The van der Waals surface area contributed by atoms with Gasteiger partial charge in [-0.25, -0.2) is 0 Å². The molecule has 0 N–H and O–H groups in total. The highest BCUT2D eigenvalue weighted by Gasteiger charge is 2.14. The molecule has 0 saturated heterocycles. The molecule has 43 heavy (non-hydrogen) atoms. The summed E-state index contributed by atoms with van der Waals surface area (Å²) in [5.74, 6) is 0. The minimum absolute atomic E-state index is 1.13. The Balaban J connectivity index is 1.24. The lowest BCUT2D eigenvalue weighted by Gasteiger charge is -2.26. The van der Waals surface area contributed by atoms with Crippen molar-refractivity contribution in [2.75, 3.05) is 9.80 Å². The zero-order valence-corrected chi connectivity index (χ0v) is 25.0. The van der Waals surface area contributed by atoms with Gasteiger partial charge in [0.25, 0.3) is 0 Å². The molecule has 0 saturated carbocycles. The van der Waals surface area contributed by atoms with E-state index < -0.39 is 0 Å². The molecular weight excluding hydrogens is 520 g/mol. The Morgan fingerprint density at radius 2 is 0.674 bits per heavy atom. The number of aryl methyl sites for hydroxylation is 3. The minimum atomic E-state index is 1.13. The third-order valence-electron chi connectivity index (χ3n) is 7.56. The first kappa shape index (κ1) is 27.8. The highest BCUT2D eigenvalue weighted by atomic mass is 15.1. The van der Waals surface area contributed by atoms with E-state index in [1.165, 1.54) is 22.4 Å². The predicted octanol–water partition coefficient (Wildman–Crippen LogP) is 11.7. The van der Waals surface area contributed by atoms with Crippen LogP contribution < -0.4 is 9.80 Å². The minimum Gasteiger partial charge on any atom is -0.311 e. The molecule has 0 aromatic heterocycles. The topological polar surface area (TPSA) is 6.48 Å². The normalized spacial score (nSPS) is 11.0. The molecule has 0 atom stereocenters. The SMILES string of the molecule is Cc1ccc(N(c2ccc(C=Cc3ccc(N(c4ccccc4)c4ccccc4)cc3)cc2)c2cc(C)cc(C)c2)cc1. The molecule has 210 valence electrons. The largest absolute Gasteiger partial charge is 0.311 e. The molecule has 0 aliphatic rings. The van der Waals surface area contributed by atoms with Crippen LogP contribution in [-0.2, 0) is 0 Å². The van der Waals surface area contributed by atoms with Crippen molar-refractivity contribution in [1.82, 2.24) is 0 Å². The van der Waals surface area contributed by atoms with Gasteiger partial charge in [-0.15, -0.1) is 0 Å². The van der Waals surface area contributed by atoms with Gasteiger partial charge < -0.3 is 9.80 Å². The van der Waals surface area contributed by atoms with Crippen LogP contribution in [0.3, 0.4) is 0 Å². The van der Waals surface area contributed by atoms with E-state index >= 15 is 0 Å². The van der Waals surface area contributed by atoms with Crippen molar-refractivity contribution in [3.05, 3.63) is 179 Å². The van der Waals surface area contributed by atoms with Crippen molar-refractivity contribution in [3.8, 4) is 0 Å². The van der Waals surface area contributed by atoms with Gasteiger partial charge >= 0.3 is 0 Å². The fourth-order valence-electron chi connectivity index (χ4n) is 5.48. The van der Waals surface area contributed by atoms with Gasteiger partial charge in [0.1, 0.15) is 0 Å². The van der Waals surface area contributed by atoms with Crippen molar-refractivity contribution in [3.63, 3.8) is 0 Å². The average Bonchev–Trinajstić information content (AvgIpc) is 3.03. The third kappa shape index (κ3) is 6.60. The predicted molar refractivity (Wildman–Crippen MR) is 185 cm³/mol. The summed E-state index contributed by atoms with van der Waals surface area (Å²) >= 11 is 0. The molecule has 0 aliphatic carbocycles. The highest BCUT2D eigenvalue weighted by molar-refractivity contribution is 5.80. The molecule has 0 amide bonds. The Labute approximate surface area is 255 Å². The van der Waals surface area contributed by atoms with Gasteiger partial charge in [-0.2, -0.15) is 0 Å². The van der Waals surface area contributed by atoms with Gasteiger partial charge in [0.2, 0.25) is 0 Å². The summed E-state index contributed by atoms with van der Waals surface area (Å²) < 4.78 is 0. The molecule has 2 nitrogen and oxygen atoms in total. The van der Waals surface area contributed by atoms with Crippen molar-refractivity contribution < 1.29 is 0 Å². The molecule has 0 unspecified atom stereocenters. The van der Waals surface area contributed by atoms with Crippen LogP contribution >= 0.6 is 0 Å². The standard InChI is InChI=1S/C41H36N2/c1-31-14-22-38(23-15-31)43(41-29-32(2)28-33(3)30-41)40-26-20-35(21-27-40)17-16-34-18-24-39(25-19-34)42(36-10-6-4-7-11-36)37-12-8-5-9-13-37/h4-30H,1-3H3. The highest BCUT2D eigenvalue weighted by Crippen LogP contribution is 2.36. The number of rotatable bonds is 8. The molecule has 0 heterocycles. The molecule has 0 radical (unpaired) electrons. The first-order valence-electron chi connectivity index (χ1n) is 14.8. The van der Waals surface area contributed by atoms with Crippen LogP contribution in [0, 0.1) is 20.8 Å². The number of hydrogen-bond donors (Lipinski definition) is 0. The van der Waals surface area contributed by atoms with Gasteiger partial charge in [-0.3, -0.25) is 0 Å². The van der Waals surface area contributed by atoms with Gasteiger partial charge in [0.15, 0.2) is 0 Å². The second-order valence-electron chi connectivity index (χ2n) is 11.0. The average molecular weight is 557 g/mol. The molecule has 0 spiro atoms. The van der Waals surface area contributed by atoms with Crippen molar-refractivity contribution >= 4 is 46.3 Å². The van der Waals surface area contributed by atoms with Crippen molar-refractivity contribution in [2.45, 2.75) is 20.8 Å². The van der Waals surface area contributed by atoms with E-state index in [9.17, 15) is 0 Å². The Hall–Kier alpha value is -5.34. The summed E-state index contributed by atoms with van der Waals surface area (Å²) in [6.07, 6.45) is 4.35. The summed E-state index contributed by atoms with van der Waals surface area (Å²) in [6.45, 7) is 6.44. The number of nitrogens with zero attached hydrogens (tertiary/aromatic N) is 2. The number of benzene rings is 6. The van der Waals surface area contributed by atoms with Gasteiger partial charge in [-0.1, -0.05) is 96.6 Å². The fourth-order valence-corrected chi connectivity index (χ4v) is 5.48. The van der Waals surface area contributed by atoms with Crippen LogP contribution in [-0.4, -0.2) is 0 Å².